The lowest BCUT2D eigenvalue weighted by Gasteiger charge is -2.20. The van der Waals surface area contributed by atoms with Crippen LogP contribution in [0, 0.1) is 5.92 Å². The predicted octanol–water partition coefficient (Wildman–Crippen LogP) is 3.27. The second-order valence-corrected chi connectivity index (χ2v) is 6.84. The normalized spacial score (nSPS) is 11.1. The smallest absolute Gasteiger partial charge is 0.244 e. The Morgan fingerprint density at radius 3 is 2.50 bits per heavy atom. The maximum absolute atomic E-state index is 12.5. The van der Waals surface area contributed by atoms with Gasteiger partial charge in [0.05, 0.1) is 0 Å². The molecule has 28 heavy (non-hydrogen) atoms. The van der Waals surface area contributed by atoms with E-state index in [4.69, 9.17) is 4.74 Å². The monoisotopic (exact) mass is 504 g/mol. The predicted molar refractivity (Wildman–Crippen MR) is 127 cm³/mol. The van der Waals surface area contributed by atoms with E-state index in [1.165, 1.54) is 0 Å². The molecule has 2 N–H and O–H groups in total. The molecule has 0 bridgehead atoms. The molecule has 0 saturated carbocycles. The van der Waals surface area contributed by atoms with E-state index in [2.05, 4.69) is 29.5 Å². The number of likely N-dealkylation sites (N-methyl/N-ethyl adjacent to an activating group) is 1. The topological polar surface area (TPSA) is 66.0 Å². The summed E-state index contributed by atoms with van der Waals surface area (Å²) in [5, 5.41) is 6.44. The highest BCUT2D eigenvalue weighted by molar-refractivity contribution is 14.0. The Morgan fingerprint density at radius 1 is 1.18 bits per heavy atom. The van der Waals surface area contributed by atoms with Crippen molar-refractivity contribution in [2.45, 2.75) is 40.7 Å². The molecule has 0 spiro atoms. The van der Waals surface area contributed by atoms with Gasteiger partial charge in [-0.05, 0) is 31.7 Å². The van der Waals surface area contributed by atoms with Crippen LogP contribution in [-0.4, -0.2) is 56.2 Å². The number of ether oxygens (including phenoxy) is 1. The fourth-order valence-corrected chi connectivity index (χ4v) is 2.47. The number of nitrogens with one attached hydrogen (secondary N) is 2. The summed E-state index contributed by atoms with van der Waals surface area (Å²) >= 11 is 0. The third kappa shape index (κ3) is 12.2. The van der Waals surface area contributed by atoms with Crippen molar-refractivity contribution in [2.75, 3.05) is 39.4 Å². The van der Waals surface area contributed by atoms with Crippen LogP contribution in [0.15, 0.2) is 35.3 Å². The molecule has 0 aromatic heterocycles. The number of carbonyl (C=O) groups is 1. The largest absolute Gasteiger partial charge is 0.381 e. The highest BCUT2D eigenvalue weighted by Crippen LogP contribution is 2.04. The van der Waals surface area contributed by atoms with E-state index in [0.717, 1.165) is 38.3 Å². The first kappa shape index (κ1) is 26.6. The highest BCUT2D eigenvalue weighted by atomic mass is 127. The van der Waals surface area contributed by atoms with Crippen LogP contribution in [0.5, 0.6) is 0 Å². The van der Waals surface area contributed by atoms with E-state index < -0.39 is 0 Å². The molecule has 0 aliphatic rings. The molecule has 0 aliphatic heterocycles. The Morgan fingerprint density at radius 2 is 1.89 bits per heavy atom. The number of aliphatic imine (C=N–C) groups is 1. The molecule has 160 valence electrons. The molecule has 0 unspecified atom stereocenters. The van der Waals surface area contributed by atoms with E-state index in [1.807, 2.05) is 49.1 Å². The standard InChI is InChI=1S/C21H36N4O2.HI/c1-5-22-21(23-13-10-14-27-17-18(3)4)24-15-20(26)25(6-2)16-19-11-8-7-9-12-19;/h7-9,11-12,18H,5-6,10,13-17H2,1-4H3,(H2,22,23,24);1H. The minimum Gasteiger partial charge on any atom is -0.381 e. The van der Waals surface area contributed by atoms with Gasteiger partial charge in [-0.2, -0.15) is 0 Å². The van der Waals surface area contributed by atoms with Gasteiger partial charge < -0.3 is 20.3 Å². The molecule has 0 heterocycles. The zero-order valence-electron chi connectivity index (χ0n) is 17.7. The number of hydrogen-bond acceptors (Lipinski definition) is 3. The van der Waals surface area contributed by atoms with Crippen LogP contribution >= 0.6 is 24.0 Å². The van der Waals surface area contributed by atoms with Crippen molar-refractivity contribution in [3.05, 3.63) is 35.9 Å². The number of rotatable bonds is 12. The summed E-state index contributed by atoms with van der Waals surface area (Å²) in [5.74, 6) is 1.25. The summed E-state index contributed by atoms with van der Waals surface area (Å²) in [6.07, 6.45) is 0.903. The van der Waals surface area contributed by atoms with Crippen molar-refractivity contribution in [3.8, 4) is 0 Å². The van der Waals surface area contributed by atoms with E-state index >= 15 is 0 Å². The van der Waals surface area contributed by atoms with Crippen molar-refractivity contribution in [2.24, 2.45) is 10.9 Å². The number of carbonyl (C=O) groups excluding carboxylic acids is 1. The third-order valence-corrected chi connectivity index (χ3v) is 3.88. The van der Waals surface area contributed by atoms with Gasteiger partial charge in [0.1, 0.15) is 6.54 Å². The van der Waals surface area contributed by atoms with Gasteiger partial charge in [0.15, 0.2) is 5.96 Å². The van der Waals surface area contributed by atoms with E-state index in [9.17, 15) is 4.79 Å². The second-order valence-electron chi connectivity index (χ2n) is 6.84. The number of halogens is 1. The Kier molecular flexibility index (Phi) is 15.8. The Hall–Kier alpha value is -1.35. The van der Waals surface area contributed by atoms with Crippen molar-refractivity contribution >= 4 is 35.8 Å². The SMILES string of the molecule is CCNC(=NCC(=O)N(CC)Cc1ccccc1)NCCCOCC(C)C.I. The minimum absolute atomic E-state index is 0. The lowest BCUT2D eigenvalue weighted by atomic mass is 10.2. The van der Waals surface area contributed by atoms with Gasteiger partial charge in [-0.3, -0.25) is 4.79 Å². The average Bonchev–Trinajstić information content (AvgIpc) is 2.67. The minimum atomic E-state index is 0. The Labute approximate surface area is 187 Å². The number of nitrogens with zero attached hydrogens (tertiary/aromatic N) is 2. The molecule has 0 aliphatic carbocycles. The van der Waals surface area contributed by atoms with Crippen LogP contribution < -0.4 is 10.6 Å². The first-order valence-electron chi connectivity index (χ1n) is 9.98. The fraction of sp³-hybridized carbons (Fsp3) is 0.619. The lowest BCUT2D eigenvalue weighted by Crippen LogP contribution is -2.39. The van der Waals surface area contributed by atoms with Crippen molar-refractivity contribution < 1.29 is 9.53 Å². The molecular formula is C21H37IN4O2. The second kappa shape index (κ2) is 16.6. The van der Waals surface area contributed by atoms with Crippen LogP contribution in [0.25, 0.3) is 0 Å². The fourth-order valence-electron chi connectivity index (χ4n) is 2.47. The van der Waals surface area contributed by atoms with Gasteiger partial charge in [-0.25, -0.2) is 4.99 Å². The van der Waals surface area contributed by atoms with Crippen LogP contribution in [-0.2, 0) is 16.1 Å². The summed E-state index contributed by atoms with van der Waals surface area (Å²) in [5.41, 5.74) is 1.13. The molecule has 6 nitrogen and oxygen atoms in total. The van der Waals surface area contributed by atoms with Crippen LogP contribution in [0.3, 0.4) is 0 Å². The van der Waals surface area contributed by atoms with E-state index in [1.54, 1.807) is 0 Å². The summed E-state index contributed by atoms with van der Waals surface area (Å²) in [6.45, 7) is 12.7. The summed E-state index contributed by atoms with van der Waals surface area (Å²) in [7, 11) is 0. The van der Waals surface area contributed by atoms with Crippen molar-refractivity contribution in [3.63, 3.8) is 0 Å². The first-order chi connectivity index (χ1) is 13.1. The van der Waals surface area contributed by atoms with Gasteiger partial charge in [0.2, 0.25) is 5.91 Å². The van der Waals surface area contributed by atoms with Gasteiger partial charge >= 0.3 is 0 Å². The Bertz CT molecular complexity index is 553. The van der Waals surface area contributed by atoms with Crippen LogP contribution in [0.2, 0.25) is 0 Å². The Balaban J connectivity index is 0.00000729. The number of benzene rings is 1. The van der Waals surface area contributed by atoms with E-state index in [-0.39, 0.29) is 36.4 Å². The van der Waals surface area contributed by atoms with E-state index in [0.29, 0.717) is 25.0 Å². The third-order valence-electron chi connectivity index (χ3n) is 3.88. The zero-order valence-corrected chi connectivity index (χ0v) is 20.1. The maximum atomic E-state index is 12.5. The van der Waals surface area contributed by atoms with Crippen LogP contribution in [0.1, 0.15) is 39.7 Å². The van der Waals surface area contributed by atoms with Gasteiger partial charge in [-0.15, -0.1) is 24.0 Å². The molecule has 1 rings (SSSR count). The number of hydrogen-bond donors (Lipinski definition) is 2. The molecule has 1 aromatic carbocycles. The summed E-state index contributed by atoms with van der Waals surface area (Å²) < 4.78 is 5.58. The zero-order chi connectivity index (χ0) is 19.9. The molecule has 0 fully saturated rings. The van der Waals surface area contributed by atoms with Crippen molar-refractivity contribution in [1.82, 2.24) is 15.5 Å². The molecule has 1 amide bonds. The van der Waals surface area contributed by atoms with Gasteiger partial charge in [0, 0.05) is 39.4 Å². The van der Waals surface area contributed by atoms with Crippen molar-refractivity contribution in [1.29, 1.82) is 0 Å². The quantitative estimate of drug-likeness (QED) is 0.199. The molecule has 0 saturated heterocycles. The molecular weight excluding hydrogens is 467 g/mol. The molecule has 7 heteroatoms. The van der Waals surface area contributed by atoms with Gasteiger partial charge in [0.25, 0.3) is 0 Å². The average molecular weight is 504 g/mol. The molecule has 0 atom stereocenters. The number of amides is 1. The summed E-state index contributed by atoms with van der Waals surface area (Å²) in [4.78, 5) is 18.8. The van der Waals surface area contributed by atoms with Crippen LogP contribution in [0.4, 0.5) is 0 Å². The first-order valence-corrected chi connectivity index (χ1v) is 9.98. The number of guanidine groups is 1. The van der Waals surface area contributed by atoms with Gasteiger partial charge in [-0.1, -0.05) is 44.2 Å². The summed E-state index contributed by atoms with van der Waals surface area (Å²) in [6, 6.07) is 10.0. The maximum Gasteiger partial charge on any atom is 0.244 e. The lowest BCUT2D eigenvalue weighted by molar-refractivity contribution is -0.130. The highest BCUT2D eigenvalue weighted by Gasteiger charge is 2.12. The molecule has 0 radical (unpaired) electrons. The molecule has 1 aromatic rings.